The predicted molar refractivity (Wildman–Crippen MR) is 101 cm³/mol. The molecule has 3 aromatic heterocycles. The summed E-state index contributed by atoms with van der Waals surface area (Å²) >= 11 is 0. The topological polar surface area (TPSA) is 102 Å². The van der Waals surface area contributed by atoms with Crippen molar-refractivity contribution in [1.29, 1.82) is 0 Å². The highest BCUT2D eigenvalue weighted by molar-refractivity contribution is 5.64. The molecule has 3 rings (SSSR count). The molecule has 3 aromatic rings. The summed E-state index contributed by atoms with van der Waals surface area (Å²) in [5, 5.41) is 4.82. The molecular weight excluding hydrogens is 428 g/mol. The molecule has 3 heterocycles. The fourth-order valence-corrected chi connectivity index (χ4v) is 2.39. The lowest BCUT2D eigenvalue weighted by Crippen LogP contribution is -2.33. The van der Waals surface area contributed by atoms with E-state index in [9.17, 15) is 26.3 Å². The zero-order valence-corrected chi connectivity index (χ0v) is 15.8. The van der Waals surface area contributed by atoms with Crippen molar-refractivity contribution in [3.05, 3.63) is 48.3 Å². The first-order valence-electron chi connectivity index (χ1n) is 8.67. The molecule has 7 nitrogen and oxygen atoms in total. The van der Waals surface area contributed by atoms with E-state index < -0.39 is 24.1 Å². The second kappa shape index (κ2) is 8.24. The molecule has 0 spiro atoms. The second-order valence-corrected chi connectivity index (χ2v) is 6.37. The van der Waals surface area contributed by atoms with Crippen molar-refractivity contribution in [3.8, 4) is 11.5 Å². The second-order valence-electron chi connectivity index (χ2n) is 6.37. The molecule has 0 aliphatic heterocycles. The molecule has 0 aliphatic rings. The zero-order valence-electron chi connectivity index (χ0n) is 15.8. The van der Waals surface area contributed by atoms with Gasteiger partial charge in [-0.25, -0.2) is 15.0 Å². The van der Waals surface area contributed by atoms with Crippen LogP contribution in [0, 0.1) is 0 Å². The average Bonchev–Trinajstić information content (AvgIpc) is 2.66. The summed E-state index contributed by atoms with van der Waals surface area (Å²) < 4.78 is 77.5. The number of alkyl halides is 6. The van der Waals surface area contributed by atoms with E-state index in [0.717, 1.165) is 25.3 Å². The number of pyridine rings is 2. The molecule has 0 aromatic carbocycles. The number of nitrogens with one attached hydrogen (secondary N) is 2. The molecule has 4 N–H and O–H groups in total. The molecule has 0 saturated carbocycles. The van der Waals surface area contributed by atoms with Gasteiger partial charge in [-0.1, -0.05) is 6.07 Å². The van der Waals surface area contributed by atoms with E-state index in [1.165, 1.54) is 18.2 Å². The van der Waals surface area contributed by atoms with E-state index in [1.807, 2.05) is 0 Å². The van der Waals surface area contributed by atoms with E-state index in [1.54, 1.807) is 6.07 Å². The molecule has 1 unspecified atom stereocenters. The average molecular weight is 443 g/mol. The first kappa shape index (κ1) is 22.1. The summed E-state index contributed by atoms with van der Waals surface area (Å²) in [6, 6.07) is 5.70. The van der Waals surface area contributed by atoms with Crippen molar-refractivity contribution < 1.29 is 26.3 Å². The van der Waals surface area contributed by atoms with Crippen molar-refractivity contribution >= 4 is 23.1 Å². The minimum Gasteiger partial charge on any atom is -0.384 e. The molecule has 0 saturated heterocycles. The fraction of sp³-hybridized carbons (Fsp3) is 0.222. The Kier molecular flexibility index (Phi) is 5.86. The van der Waals surface area contributed by atoms with Crippen molar-refractivity contribution in [2.45, 2.75) is 25.3 Å². The summed E-state index contributed by atoms with van der Waals surface area (Å²) in [5.41, 5.74) is 4.62. The van der Waals surface area contributed by atoms with Gasteiger partial charge < -0.3 is 16.4 Å². The van der Waals surface area contributed by atoms with Gasteiger partial charge in [-0.3, -0.25) is 4.98 Å². The van der Waals surface area contributed by atoms with Crippen LogP contribution in [0.3, 0.4) is 0 Å². The number of anilines is 4. The van der Waals surface area contributed by atoms with Crippen LogP contribution in [0.5, 0.6) is 0 Å². The Hall–Kier alpha value is -3.64. The maximum Gasteiger partial charge on any atom is 0.433 e. The fourth-order valence-electron chi connectivity index (χ4n) is 2.39. The van der Waals surface area contributed by atoms with Crippen LogP contribution in [0.2, 0.25) is 0 Å². The van der Waals surface area contributed by atoms with Gasteiger partial charge in [-0.05, 0) is 31.2 Å². The summed E-state index contributed by atoms with van der Waals surface area (Å²) in [4.78, 5) is 15.4. The van der Waals surface area contributed by atoms with E-state index in [4.69, 9.17) is 5.73 Å². The third-order valence-electron chi connectivity index (χ3n) is 3.90. The molecule has 31 heavy (non-hydrogen) atoms. The highest BCUT2D eigenvalue weighted by Gasteiger charge is 2.36. The van der Waals surface area contributed by atoms with Gasteiger partial charge in [0, 0.05) is 18.0 Å². The van der Waals surface area contributed by atoms with Crippen LogP contribution in [0.25, 0.3) is 11.5 Å². The smallest absolute Gasteiger partial charge is 0.384 e. The van der Waals surface area contributed by atoms with E-state index in [0.29, 0.717) is 0 Å². The van der Waals surface area contributed by atoms with Gasteiger partial charge >= 0.3 is 12.4 Å². The Morgan fingerprint density at radius 3 is 2.29 bits per heavy atom. The number of hydrogen-bond donors (Lipinski definition) is 3. The molecule has 0 radical (unpaired) electrons. The lowest BCUT2D eigenvalue weighted by Gasteiger charge is -2.19. The summed E-state index contributed by atoms with van der Waals surface area (Å²) in [7, 11) is 0. The molecule has 164 valence electrons. The number of nitrogens with zero attached hydrogens (tertiary/aromatic N) is 4. The van der Waals surface area contributed by atoms with Gasteiger partial charge in [0.15, 0.2) is 5.82 Å². The Balaban J connectivity index is 2.01. The summed E-state index contributed by atoms with van der Waals surface area (Å²) in [6.07, 6.45) is -8.28. The van der Waals surface area contributed by atoms with Gasteiger partial charge in [0.05, 0.1) is 0 Å². The normalized spacial score (nSPS) is 13.0. The van der Waals surface area contributed by atoms with Crippen molar-refractivity contribution in [2.24, 2.45) is 0 Å². The van der Waals surface area contributed by atoms with Crippen LogP contribution in [0.1, 0.15) is 12.6 Å². The first-order valence-corrected chi connectivity index (χ1v) is 8.67. The van der Waals surface area contributed by atoms with Gasteiger partial charge in [0.25, 0.3) is 0 Å². The standard InChI is InChI=1S/C18H15F6N7/c1-9(17(19,20)21)27-14-8-15(28-10-5-6-26-12(7-10)18(22,23)24)31-16(30-14)11-3-2-4-13(25)29-11/h2-9H,1H3,(H2,25,29)(H2,26,27,28,30,31). The zero-order chi connectivity index (χ0) is 22.8. The maximum absolute atomic E-state index is 13.0. The number of aromatic nitrogens is 4. The van der Waals surface area contributed by atoms with Crippen LogP contribution in [-0.4, -0.2) is 32.2 Å². The Morgan fingerprint density at radius 1 is 0.935 bits per heavy atom. The number of hydrogen-bond acceptors (Lipinski definition) is 7. The monoisotopic (exact) mass is 443 g/mol. The van der Waals surface area contributed by atoms with Crippen LogP contribution in [-0.2, 0) is 6.18 Å². The number of nitrogens with two attached hydrogens (primary N) is 1. The van der Waals surface area contributed by atoms with Crippen LogP contribution in [0.15, 0.2) is 42.6 Å². The highest BCUT2D eigenvalue weighted by Crippen LogP contribution is 2.30. The molecular formula is C18H15F6N7. The third kappa shape index (κ3) is 5.71. The van der Waals surface area contributed by atoms with Crippen molar-refractivity contribution in [1.82, 2.24) is 19.9 Å². The van der Waals surface area contributed by atoms with Crippen LogP contribution >= 0.6 is 0 Å². The summed E-state index contributed by atoms with van der Waals surface area (Å²) in [6.45, 7) is 0.895. The van der Waals surface area contributed by atoms with Gasteiger partial charge in [0.1, 0.15) is 34.9 Å². The Morgan fingerprint density at radius 2 is 1.65 bits per heavy atom. The van der Waals surface area contributed by atoms with E-state index in [-0.39, 0.29) is 34.7 Å². The lowest BCUT2D eigenvalue weighted by atomic mass is 10.3. The van der Waals surface area contributed by atoms with Crippen molar-refractivity contribution in [2.75, 3.05) is 16.4 Å². The molecule has 0 aliphatic carbocycles. The number of nitrogen functional groups attached to an aromatic ring is 1. The first-order chi connectivity index (χ1) is 14.4. The SMILES string of the molecule is CC(Nc1cc(Nc2ccnc(C(F)(F)F)c2)nc(-c2cccc(N)n2)n1)C(F)(F)F. The third-order valence-corrected chi connectivity index (χ3v) is 3.90. The van der Waals surface area contributed by atoms with Crippen molar-refractivity contribution in [3.63, 3.8) is 0 Å². The Labute approximate surface area is 171 Å². The predicted octanol–water partition coefficient (Wildman–Crippen LogP) is 4.64. The number of rotatable bonds is 5. The molecule has 0 bridgehead atoms. The molecule has 0 fully saturated rings. The summed E-state index contributed by atoms with van der Waals surface area (Å²) in [5.74, 6) is -0.238. The van der Waals surface area contributed by atoms with Gasteiger partial charge in [-0.2, -0.15) is 26.3 Å². The van der Waals surface area contributed by atoms with Crippen LogP contribution in [0.4, 0.5) is 49.5 Å². The largest absolute Gasteiger partial charge is 0.433 e. The minimum atomic E-state index is -4.67. The molecule has 13 heteroatoms. The quantitative estimate of drug-likeness (QED) is 0.494. The molecule has 0 amide bonds. The number of halogens is 6. The minimum absolute atomic E-state index is 0.0256. The Bertz CT molecular complexity index is 1070. The maximum atomic E-state index is 13.0. The highest BCUT2D eigenvalue weighted by atomic mass is 19.4. The molecule has 1 atom stereocenters. The van der Waals surface area contributed by atoms with Gasteiger partial charge in [0.2, 0.25) is 0 Å². The van der Waals surface area contributed by atoms with E-state index >= 15 is 0 Å². The lowest BCUT2D eigenvalue weighted by molar-refractivity contribution is -0.141. The van der Waals surface area contributed by atoms with E-state index in [2.05, 4.69) is 30.6 Å². The van der Waals surface area contributed by atoms with Gasteiger partial charge in [-0.15, -0.1) is 0 Å². The van der Waals surface area contributed by atoms with Crippen LogP contribution < -0.4 is 16.4 Å².